The number of hydrogen-bond donors (Lipinski definition) is 0. The van der Waals surface area contributed by atoms with E-state index in [4.69, 9.17) is 11.6 Å². The molecule has 16 heavy (non-hydrogen) atoms. The van der Waals surface area contributed by atoms with Gasteiger partial charge in [-0.2, -0.15) is 0 Å². The lowest BCUT2D eigenvalue weighted by Crippen LogP contribution is -2.32. The minimum atomic E-state index is -0.877. The Balaban J connectivity index is 2.76. The molecular formula is C11H11ClNO2Si. The van der Waals surface area contributed by atoms with Crippen molar-refractivity contribution >= 4 is 37.4 Å². The van der Waals surface area contributed by atoms with Crippen molar-refractivity contribution in [1.82, 2.24) is 4.90 Å². The average Bonchev–Trinajstić information content (AvgIpc) is 2.43. The van der Waals surface area contributed by atoms with E-state index in [-0.39, 0.29) is 11.8 Å². The van der Waals surface area contributed by atoms with Crippen molar-refractivity contribution in [3.05, 3.63) is 28.3 Å². The summed E-state index contributed by atoms with van der Waals surface area (Å²) >= 11 is 6.11. The smallest absolute Gasteiger partial charge is 0.261 e. The number of carbonyl (C=O) groups is 2. The molecule has 0 bridgehead atoms. The SMILES string of the molecule is CN1C(=O)c2ccc(Cl)c([Si](C)C)c2C1=O. The fraction of sp³-hybridized carbons (Fsp3) is 0.273. The number of benzene rings is 1. The highest BCUT2D eigenvalue weighted by atomic mass is 35.5. The van der Waals surface area contributed by atoms with Crippen LogP contribution in [0.3, 0.4) is 0 Å². The van der Waals surface area contributed by atoms with Crippen molar-refractivity contribution in [2.45, 2.75) is 13.1 Å². The van der Waals surface area contributed by atoms with E-state index in [1.54, 1.807) is 12.1 Å². The lowest BCUT2D eigenvalue weighted by atomic mass is 10.1. The Morgan fingerprint density at radius 2 is 1.81 bits per heavy atom. The van der Waals surface area contributed by atoms with E-state index in [9.17, 15) is 9.59 Å². The van der Waals surface area contributed by atoms with Gasteiger partial charge in [-0.15, -0.1) is 0 Å². The van der Waals surface area contributed by atoms with Gasteiger partial charge < -0.3 is 0 Å². The fourth-order valence-corrected chi connectivity index (χ4v) is 3.93. The van der Waals surface area contributed by atoms with Crippen LogP contribution in [0, 0.1) is 0 Å². The fourth-order valence-electron chi connectivity index (χ4n) is 1.91. The van der Waals surface area contributed by atoms with Crippen molar-refractivity contribution in [2.24, 2.45) is 0 Å². The predicted octanol–water partition coefficient (Wildman–Crippen LogP) is 1.53. The van der Waals surface area contributed by atoms with E-state index in [1.165, 1.54) is 7.05 Å². The van der Waals surface area contributed by atoms with Crippen LogP contribution in [0.15, 0.2) is 12.1 Å². The van der Waals surface area contributed by atoms with Crippen LogP contribution in [-0.2, 0) is 0 Å². The van der Waals surface area contributed by atoms with Crippen LogP contribution in [0.1, 0.15) is 20.7 Å². The number of fused-ring (bicyclic) bond motifs is 1. The molecule has 5 heteroatoms. The van der Waals surface area contributed by atoms with Gasteiger partial charge in [0.25, 0.3) is 11.8 Å². The molecule has 0 saturated heterocycles. The largest absolute Gasteiger partial charge is 0.277 e. The quantitative estimate of drug-likeness (QED) is 0.562. The zero-order valence-electron chi connectivity index (χ0n) is 9.30. The maximum absolute atomic E-state index is 11.9. The summed E-state index contributed by atoms with van der Waals surface area (Å²) in [6.45, 7) is 4.12. The first-order chi connectivity index (χ1) is 7.45. The Kier molecular flexibility index (Phi) is 2.63. The molecule has 2 rings (SSSR count). The van der Waals surface area contributed by atoms with Gasteiger partial charge in [-0.3, -0.25) is 14.5 Å². The molecule has 2 amide bonds. The van der Waals surface area contributed by atoms with E-state index in [0.29, 0.717) is 16.1 Å². The lowest BCUT2D eigenvalue weighted by Gasteiger charge is -2.10. The summed E-state index contributed by atoms with van der Waals surface area (Å²) in [5, 5.41) is 1.46. The number of amides is 2. The highest BCUT2D eigenvalue weighted by molar-refractivity contribution is 6.75. The lowest BCUT2D eigenvalue weighted by molar-refractivity contribution is 0.0693. The summed E-state index contributed by atoms with van der Waals surface area (Å²) in [5.74, 6) is -0.468. The van der Waals surface area contributed by atoms with E-state index in [0.717, 1.165) is 10.1 Å². The molecule has 0 saturated carbocycles. The summed E-state index contributed by atoms with van der Waals surface area (Å²) < 4.78 is 0. The Hall–Kier alpha value is -1.13. The zero-order chi connectivity index (χ0) is 12.0. The summed E-state index contributed by atoms with van der Waals surface area (Å²) in [5.41, 5.74) is 0.997. The van der Waals surface area contributed by atoms with Crippen LogP contribution < -0.4 is 5.19 Å². The molecule has 0 aromatic heterocycles. The molecule has 0 unspecified atom stereocenters. The maximum Gasteiger partial charge on any atom is 0.261 e. The number of rotatable bonds is 1. The first-order valence-corrected chi connectivity index (χ1v) is 7.78. The van der Waals surface area contributed by atoms with Gasteiger partial charge in [0.15, 0.2) is 0 Å². The third kappa shape index (κ3) is 1.41. The maximum atomic E-state index is 11.9. The summed E-state index contributed by atoms with van der Waals surface area (Å²) in [4.78, 5) is 24.9. The topological polar surface area (TPSA) is 37.4 Å². The summed E-state index contributed by atoms with van der Waals surface area (Å²) in [6.07, 6.45) is 0. The number of carbonyl (C=O) groups excluding carboxylic acids is 2. The van der Waals surface area contributed by atoms with Gasteiger partial charge in [0, 0.05) is 12.1 Å². The molecule has 1 aromatic carbocycles. The van der Waals surface area contributed by atoms with Gasteiger partial charge in [0.1, 0.15) is 0 Å². The molecule has 1 aliphatic heterocycles. The van der Waals surface area contributed by atoms with Gasteiger partial charge in [-0.1, -0.05) is 24.7 Å². The molecule has 1 heterocycles. The normalized spacial score (nSPS) is 14.9. The summed E-state index contributed by atoms with van der Waals surface area (Å²) in [7, 11) is 0.623. The first-order valence-electron chi connectivity index (χ1n) is 4.90. The molecule has 0 aliphatic carbocycles. The van der Waals surface area contributed by atoms with Crippen LogP contribution in [0.4, 0.5) is 0 Å². The van der Waals surface area contributed by atoms with Crippen molar-refractivity contribution in [3.8, 4) is 0 Å². The van der Waals surface area contributed by atoms with Crippen molar-refractivity contribution in [3.63, 3.8) is 0 Å². The highest BCUT2D eigenvalue weighted by Crippen LogP contribution is 2.23. The van der Waals surface area contributed by atoms with Gasteiger partial charge >= 0.3 is 0 Å². The minimum absolute atomic E-state index is 0.233. The van der Waals surface area contributed by atoms with Gasteiger partial charge in [0.2, 0.25) is 0 Å². The molecule has 0 N–H and O–H groups in total. The van der Waals surface area contributed by atoms with E-state index in [2.05, 4.69) is 13.1 Å². The third-order valence-corrected chi connectivity index (χ3v) is 4.70. The van der Waals surface area contributed by atoms with Crippen LogP contribution in [0.25, 0.3) is 0 Å². The van der Waals surface area contributed by atoms with E-state index in [1.807, 2.05) is 0 Å². The Labute approximate surface area is 101 Å². The summed E-state index contributed by atoms with van der Waals surface area (Å²) in [6, 6.07) is 3.34. The molecular weight excluding hydrogens is 242 g/mol. The first kappa shape index (κ1) is 11.4. The molecule has 1 aromatic rings. The molecule has 1 radical (unpaired) electrons. The van der Waals surface area contributed by atoms with Crippen molar-refractivity contribution in [1.29, 1.82) is 0 Å². The minimum Gasteiger partial charge on any atom is -0.277 e. The standard InChI is InChI=1S/C11H11ClNO2Si/c1-13-10(14)6-4-5-7(12)9(16(2)3)8(6)11(13)15/h4-5H,1-3H3. The Morgan fingerprint density at radius 3 is 2.38 bits per heavy atom. The number of nitrogens with zero attached hydrogens (tertiary/aromatic N) is 1. The van der Waals surface area contributed by atoms with Crippen molar-refractivity contribution in [2.75, 3.05) is 7.05 Å². The molecule has 3 nitrogen and oxygen atoms in total. The Morgan fingerprint density at radius 1 is 1.19 bits per heavy atom. The number of imide groups is 1. The Bertz CT molecular complexity index is 499. The van der Waals surface area contributed by atoms with Gasteiger partial charge in [0.05, 0.1) is 19.9 Å². The second-order valence-electron chi connectivity index (χ2n) is 4.01. The molecule has 0 fully saturated rings. The van der Waals surface area contributed by atoms with Crippen LogP contribution in [0.5, 0.6) is 0 Å². The van der Waals surface area contributed by atoms with Gasteiger partial charge in [-0.25, -0.2) is 0 Å². The molecule has 0 atom stereocenters. The zero-order valence-corrected chi connectivity index (χ0v) is 11.1. The number of halogens is 1. The molecule has 1 aliphatic rings. The van der Waals surface area contributed by atoms with Crippen LogP contribution >= 0.6 is 11.6 Å². The number of hydrogen-bond acceptors (Lipinski definition) is 2. The van der Waals surface area contributed by atoms with E-state index >= 15 is 0 Å². The second-order valence-corrected chi connectivity index (χ2v) is 6.92. The molecule has 0 spiro atoms. The average molecular weight is 253 g/mol. The molecule has 83 valence electrons. The van der Waals surface area contributed by atoms with E-state index < -0.39 is 8.80 Å². The highest BCUT2D eigenvalue weighted by Gasteiger charge is 2.36. The van der Waals surface area contributed by atoms with Crippen molar-refractivity contribution < 1.29 is 9.59 Å². The van der Waals surface area contributed by atoms with Crippen LogP contribution in [-0.4, -0.2) is 32.6 Å². The predicted molar refractivity (Wildman–Crippen MR) is 65.0 cm³/mol. The van der Waals surface area contributed by atoms with Crippen LogP contribution in [0.2, 0.25) is 18.1 Å². The monoisotopic (exact) mass is 252 g/mol. The van der Waals surface area contributed by atoms with Gasteiger partial charge in [-0.05, 0) is 17.3 Å². The second kappa shape index (κ2) is 3.71. The third-order valence-electron chi connectivity index (χ3n) is 2.71.